The molecule has 1 unspecified atom stereocenters. The molecule has 3 N–H and O–H groups in total. The molecule has 1 aromatic rings. The van der Waals surface area contributed by atoms with E-state index in [9.17, 15) is 0 Å². The Morgan fingerprint density at radius 3 is 2.88 bits per heavy atom. The van der Waals surface area contributed by atoms with Gasteiger partial charge in [0, 0.05) is 25.5 Å². The molecule has 0 saturated heterocycles. The van der Waals surface area contributed by atoms with Crippen LogP contribution in [-0.4, -0.2) is 23.7 Å². The molecule has 0 spiro atoms. The average Bonchev–Trinajstić information content (AvgIpc) is 2.33. The van der Waals surface area contributed by atoms with E-state index in [1.54, 1.807) is 13.3 Å². The minimum Gasteiger partial charge on any atom is -0.378 e. The van der Waals surface area contributed by atoms with E-state index in [2.05, 4.69) is 16.5 Å². The summed E-state index contributed by atoms with van der Waals surface area (Å²) in [6.45, 7) is 0. The summed E-state index contributed by atoms with van der Waals surface area (Å²) in [6, 6.07) is 4.29. The van der Waals surface area contributed by atoms with Crippen molar-refractivity contribution in [3.05, 3.63) is 30.1 Å². The van der Waals surface area contributed by atoms with Gasteiger partial charge in [0.1, 0.15) is 0 Å². The fourth-order valence-electron chi connectivity index (χ4n) is 2.51. The summed E-state index contributed by atoms with van der Waals surface area (Å²) in [5, 5.41) is 0. The van der Waals surface area contributed by atoms with Crippen LogP contribution in [0, 0.1) is 0 Å². The van der Waals surface area contributed by atoms with Gasteiger partial charge in [0.25, 0.3) is 0 Å². The van der Waals surface area contributed by atoms with E-state index in [1.807, 2.05) is 12.3 Å². The lowest BCUT2D eigenvalue weighted by Crippen LogP contribution is -2.48. The lowest BCUT2D eigenvalue weighted by Gasteiger charge is -2.42. The highest BCUT2D eigenvalue weighted by atomic mass is 16.5. The first-order valence-corrected chi connectivity index (χ1v) is 6.18. The van der Waals surface area contributed by atoms with Crippen molar-refractivity contribution < 1.29 is 4.74 Å². The number of ether oxygens (including phenoxy) is 1. The van der Waals surface area contributed by atoms with Crippen LogP contribution in [0.4, 0.5) is 0 Å². The Bertz CT molecular complexity index is 332. The maximum Gasteiger partial charge on any atom is 0.0694 e. The van der Waals surface area contributed by atoms with E-state index in [4.69, 9.17) is 10.6 Å². The van der Waals surface area contributed by atoms with Crippen LogP contribution in [0.1, 0.15) is 31.2 Å². The lowest BCUT2D eigenvalue weighted by atomic mass is 9.75. The number of nitrogens with zero attached hydrogens (tertiary/aromatic N) is 1. The SMILES string of the molecule is COC1(CC(Cc2cccnc2)NN)CCC1. The van der Waals surface area contributed by atoms with Crippen LogP contribution in [0.3, 0.4) is 0 Å². The third-order valence-electron chi connectivity index (χ3n) is 3.76. The van der Waals surface area contributed by atoms with Crippen molar-refractivity contribution in [2.24, 2.45) is 5.84 Å². The zero-order valence-electron chi connectivity index (χ0n) is 10.4. The fourth-order valence-corrected chi connectivity index (χ4v) is 2.51. The van der Waals surface area contributed by atoms with Gasteiger partial charge < -0.3 is 4.74 Å². The second kappa shape index (κ2) is 5.58. The Balaban J connectivity index is 1.93. The monoisotopic (exact) mass is 235 g/mol. The maximum absolute atomic E-state index is 5.64. The third-order valence-corrected chi connectivity index (χ3v) is 3.76. The number of hydrazine groups is 1. The van der Waals surface area contributed by atoms with E-state index in [1.165, 1.54) is 12.0 Å². The van der Waals surface area contributed by atoms with E-state index >= 15 is 0 Å². The number of methoxy groups -OCH3 is 1. The molecule has 0 bridgehead atoms. The van der Waals surface area contributed by atoms with Crippen LogP contribution in [0.2, 0.25) is 0 Å². The lowest BCUT2D eigenvalue weighted by molar-refractivity contribution is -0.0834. The van der Waals surface area contributed by atoms with Crippen molar-refractivity contribution in [1.29, 1.82) is 0 Å². The molecule has 94 valence electrons. The number of rotatable bonds is 6. The van der Waals surface area contributed by atoms with Gasteiger partial charge in [-0.1, -0.05) is 6.07 Å². The molecular weight excluding hydrogens is 214 g/mol. The standard InChI is InChI=1S/C13H21N3O/c1-17-13(5-3-6-13)9-12(16-14)8-11-4-2-7-15-10-11/h2,4,7,10,12,16H,3,5-6,8-9,14H2,1H3. The molecule has 1 aromatic heterocycles. The molecule has 4 nitrogen and oxygen atoms in total. The molecule has 0 aliphatic heterocycles. The Morgan fingerprint density at radius 1 is 1.59 bits per heavy atom. The first-order chi connectivity index (χ1) is 8.28. The molecule has 1 atom stereocenters. The van der Waals surface area contributed by atoms with Gasteiger partial charge >= 0.3 is 0 Å². The summed E-state index contributed by atoms with van der Waals surface area (Å²) in [6.07, 6.45) is 9.10. The number of hydrogen-bond acceptors (Lipinski definition) is 4. The highest BCUT2D eigenvalue weighted by molar-refractivity contribution is 5.10. The first kappa shape index (κ1) is 12.5. The molecule has 1 fully saturated rings. The molecule has 0 aromatic carbocycles. The van der Waals surface area contributed by atoms with Gasteiger partial charge in [-0.15, -0.1) is 0 Å². The number of nitrogens with one attached hydrogen (secondary N) is 1. The van der Waals surface area contributed by atoms with Gasteiger partial charge in [0.05, 0.1) is 5.60 Å². The second-order valence-electron chi connectivity index (χ2n) is 4.87. The van der Waals surface area contributed by atoms with E-state index in [0.29, 0.717) is 0 Å². The molecule has 17 heavy (non-hydrogen) atoms. The van der Waals surface area contributed by atoms with Gasteiger partial charge in [-0.25, -0.2) is 0 Å². The van der Waals surface area contributed by atoms with Gasteiger partial charge in [-0.3, -0.25) is 16.3 Å². The number of aromatic nitrogens is 1. The van der Waals surface area contributed by atoms with Gasteiger partial charge in [-0.05, 0) is 43.7 Å². The van der Waals surface area contributed by atoms with Crippen molar-refractivity contribution in [2.45, 2.75) is 43.7 Å². The minimum atomic E-state index is 0.0548. The Kier molecular flexibility index (Phi) is 4.10. The third kappa shape index (κ3) is 3.03. The van der Waals surface area contributed by atoms with Crippen molar-refractivity contribution in [1.82, 2.24) is 10.4 Å². The molecule has 1 heterocycles. The molecular formula is C13H21N3O. The van der Waals surface area contributed by atoms with Crippen LogP contribution < -0.4 is 11.3 Å². The van der Waals surface area contributed by atoms with Crippen LogP contribution in [0.15, 0.2) is 24.5 Å². The minimum absolute atomic E-state index is 0.0548. The normalized spacial score (nSPS) is 19.6. The predicted octanol–water partition coefficient (Wildman–Crippen LogP) is 1.42. The maximum atomic E-state index is 5.64. The number of nitrogens with two attached hydrogens (primary N) is 1. The van der Waals surface area contributed by atoms with Crippen molar-refractivity contribution in [3.8, 4) is 0 Å². The van der Waals surface area contributed by atoms with Crippen molar-refractivity contribution in [3.63, 3.8) is 0 Å². The number of pyridine rings is 1. The van der Waals surface area contributed by atoms with Gasteiger partial charge in [0.15, 0.2) is 0 Å². The largest absolute Gasteiger partial charge is 0.378 e. The smallest absolute Gasteiger partial charge is 0.0694 e. The van der Waals surface area contributed by atoms with Gasteiger partial charge in [-0.2, -0.15) is 0 Å². The quantitative estimate of drug-likeness (QED) is 0.578. The Hall–Kier alpha value is -0.970. The molecule has 2 rings (SSSR count). The van der Waals surface area contributed by atoms with Crippen molar-refractivity contribution in [2.75, 3.05) is 7.11 Å². The number of hydrogen-bond donors (Lipinski definition) is 2. The van der Waals surface area contributed by atoms with Gasteiger partial charge in [0.2, 0.25) is 0 Å². The zero-order chi connectivity index (χ0) is 12.1. The summed E-state index contributed by atoms with van der Waals surface area (Å²) in [4.78, 5) is 4.12. The summed E-state index contributed by atoms with van der Waals surface area (Å²) < 4.78 is 5.63. The zero-order valence-corrected chi connectivity index (χ0v) is 10.4. The summed E-state index contributed by atoms with van der Waals surface area (Å²) in [7, 11) is 1.80. The van der Waals surface area contributed by atoms with Crippen LogP contribution >= 0.6 is 0 Å². The fraction of sp³-hybridized carbons (Fsp3) is 0.615. The van der Waals surface area contributed by atoms with Crippen LogP contribution in [0.25, 0.3) is 0 Å². The van der Waals surface area contributed by atoms with Crippen LogP contribution in [-0.2, 0) is 11.2 Å². The molecule has 0 amide bonds. The average molecular weight is 235 g/mol. The first-order valence-electron chi connectivity index (χ1n) is 6.18. The highest BCUT2D eigenvalue weighted by Gasteiger charge is 2.38. The van der Waals surface area contributed by atoms with E-state index in [-0.39, 0.29) is 11.6 Å². The van der Waals surface area contributed by atoms with Crippen molar-refractivity contribution >= 4 is 0 Å². The summed E-state index contributed by atoms with van der Waals surface area (Å²) in [5.41, 5.74) is 4.17. The highest BCUT2D eigenvalue weighted by Crippen LogP contribution is 2.39. The Morgan fingerprint density at radius 2 is 2.41 bits per heavy atom. The molecule has 1 aliphatic carbocycles. The molecule has 1 aliphatic rings. The summed E-state index contributed by atoms with van der Waals surface area (Å²) in [5.74, 6) is 5.64. The van der Waals surface area contributed by atoms with E-state index in [0.717, 1.165) is 25.7 Å². The predicted molar refractivity (Wildman–Crippen MR) is 67.3 cm³/mol. The van der Waals surface area contributed by atoms with E-state index < -0.39 is 0 Å². The molecule has 0 radical (unpaired) electrons. The second-order valence-corrected chi connectivity index (χ2v) is 4.87. The molecule has 1 saturated carbocycles. The Labute approximate surface area is 103 Å². The van der Waals surface area contributed by atoms with Crippen LogP contribution in [0.5, 0.6) is 0 Å². The summed E-state index contributed by atoms with van der Waals surface area (Å²) >= 11 is 0. The molecule has 4 heteroatoms. The topological polar surface area (TPSA) is 60.2 Å².